The fraction of sp³-hybridized carbons (Fsp3) is 0.167. The zero-order valence-electron chi connectivity index (χ0n) is 18.2. The molecule has 0 aliphatic heterocycles. The second-order valence-electron chi connectivity index (χ2n) is 7.59. The highest BCUT2D eigenvalue weighted by molar-refractivity contribution is 5.93. The van der Waals surface area contributed by atoms with Crippen LogP contribution in [0.2, 0.25) is 0 Å². The molecule has 0 fully saturated rings. The van der Waals surface area contributed by atoms with Gasteiger partial charge in [0.15, 0.2) is 17.1 Å². The maximum Gasteiger partial charge on any atom is 0.418 e. The quantitative estimate of drug-likeness (QED) is 0.338. The number of rotatable bonds is 4. The van der Waals surface area contributed by atoms with Gasteiger partial charge in [0.05, 0.1) is 27.7 Å². The number of anilines is 1. The summed E-state index contributed by atoms with van der Waals surface area (Å²) in [5.41, 5.74) is -1.10. The van der Waals surface area contributed by atoms with Crippen molar-refractivity contribution in [2.45, 2.75) is 20.0 Å². The normalized spacial score (nSPS) is 11.6. The molecule has 0 atom stereocenters. The molecular weight excluding hydrogens is 457 g/mol. The SMILES string of the molecule is CNc1cccc2[nH]c(-c3c(Oc4ccc(F)c(F)c4C)ncc(C(F)(F)F)c3C)cc(=O)c12. The van der Waals surface area contributed by atoms with Gasteiger partial charge in [-0.1, -0.05) is 6.07 Å². The standard InChI is InChI=1S/C24H18F5N3O2/c1-11-13(24(27,28)29)10-31-23(34-19-8-7-14(25)22(26)12(19)2)20(11)17-9-18(33)21-15(30-3)5-4-6-16(21)32-17/h4-10,30H,1-3H3,(H,32,33). The number of alkyl halides is 3. The molecule has 0 saturated heterocycles. The summed E-state index contributed by atoms with van der Waals surface area (Å²) in [6.45, 7) is 2.48. The van der Waals surface area contributed by atoms with Crippen molar-refractivity contribution in [1.82, 2.24) is 9.97 Å². The Morgan fingerprint density at radius 1 is 1.06 bits per heavy atom. The number of ether oxygens (including phenoxy) is 1. The van der Waals surface area contributed by atoms with Gasteiger partial charge < -0.3 is 15.0 Å². The lowest BCUT2D eigenvalue weighted by Crippen LogP contribution is -2.12. The Morgan fingerprint density at radius 2 is 1.79 bits per heavy atom. The van der Waals surface area contributed by atoms with E-state index in [0.29, 0.717) is 22.8 Å². The molecule has 4 aromatic rings. The van der Waals surface area contributed by atoms with Gasteiger partial charge in [0, 0.05) is 30.6 Å². The fourth-order valence-electron chi connectivity index (χ4n) is 3.76. The number of nitrogens with zero attached hydrogens (tertiary/aromatic N) is 1. The molecule has 0 bridgehead atoms. The van der Waals surface area contributed by atoms with Crippen molar-refractivity contribution in [3.63, 3.8) is 0 Å². The van der Waals surface area contributed by atoms with Crippen molar-refractivity contribution in [1.29, 1.82) is 0 Å². The number of halogens is 5. The lowest BCUT2D eigenvalue weighted by molar-refractivity contribution is -0.138. The first kappa shape index (κ1) is 23.2. The minimum Gasteiger partial charge on any atom is -0.438 e. The number of aromatic nitrogens is 2. The van der Waals surface area contributed by atoms with Crippen LogP contribution < -0.4 is 15.5 Å². The van der Waals surface area contributed by atoms with Crippen molar-refractivity contribution >= 4 is 16.6 Å². The molecule has 4 rings (SSSR count). The van der Waals surface area contributed by atoms with Crippen LogP contribution in [0.25, 0.3) is 22.2 Å². The number of benzene rings is 2. The van der Waals surface area contributed by atoms with E-state index >= 15 is 0 Å². The molecule has 34 heavy (non-hydrogen) atoms. The third-order valence-corrected chi connectivity index (χ3v) is 5.50. The monoisotopic (exact) mass is 475 g/mol. The summed E-state index contributed by atoms with van der Waals surface area (Å²) in [7, 11) is 1.64. The van der Waals surface area contributed by atoms with Crippen LogP contribution in [0.5, 0.6) is 11.6 Å². The zero-order valence-corrected chi connectivity index (χ0v) is 18.2. The predicted octanol–water partition coefficient (Wildman–Crippen LogP) is 6.34. The number of H-pyrrole nitrogens is 1. The summed E-state index contributed by atoms with van der Waals surface area (Å²) >= 11 is 0. The van der Waals surface area contributed by atoms with E-state index in [0.717, 1.165) is 18.2 Å². The molecule has 10 heteroatoms. The molecule has 0 spiro atoms. The zero-order chi connectivity index (χ0) is 24.8. The van der Waals surface area contributed by atoms with E-state index in [9.17, 15) is 26.7 Å². The minimum absolute atomic E-state index is 0.0251. The summed E-state index contributed by atoms with van der Waals surface area (Å²) in [6, 6.07) is 8.11. The number of hydrogen-bond donors (Lipinski definition) is 2. The van der Waals surface area contributed by atoms with Gasteiger partial charge in [0.25, 0.3) is 0 Å². The van der Waals surface area contributed by atoms with E-state index in [1.807, 2.05) is 0 Å². The average Bonchev–Trinajstić information content (AvgIpc) is 2.78. The molecule has 176 valence electrons. The summed E-state index contributed by atoms with van der Waals surface area (Å²) in [4.78, 5) is 19.7. The Morgan fingerprint density at radius 3 is 2.47 bits per heavy atom. The van der Waals surface area contributed by atoms with Crippen LogP contribution in [0.4, 0.5) is 27.6 Å². The van der Waals surface area contributed by atoms with E-state index in [-0.39, 0.29) is 34.0 Å². The molecular formula is C24H18F5N3O2. The molecule has 0 saturated carbocycles. The van der Waals surface area contributed by atoms with Gasteiger partial charge in [-0.05, 0) is 43.7 Å². The highest BCUT2D eigenvalue weighted by atomic mass is 19.4. The third-order valence-electron chi connectivity index (χ3n) is 5.50. The van der Waals surface area contributed by atoms with Crippen LogP contribution in [0.15, 0.2) is 47.4 Å². The van der Waals surface area contributed by atoms with Gasteiger partial charge in [0.1, 0.15) is 5.75 Å². The van der Waals surface area contributed by atoms with Gasteiger partial charge in [-0.2, -0.15) is 13.2 Å². The smallest absolute Gasteiger partial charge is 0.418 e. The largest absolute Gasteiger partial charge is 0.438 e. The number of aromatic amines is 1. The fourth-order valence-corrected chi connectivity index (χ4v) is 3.76. The predicted molar refractivity (Wildman–Crippen MR) is 118 cm³/mol. The molecule has 2 aromatic carbocycles. The minimum atomic E-state index is -4.72. The first-order valence-electron chi connectivity index (χ1n) is 10.1. The Balaban J connectivity index is 1.99. The molecule has 2 N–H and O–H groups in total. The van der Waals surface area contributed by atoms with Gasteiger partial charge in [-0.15, -0.1) is 0 Å². The molecule has 2 heterocycles. The van der Waals surface area contributed by atoms with Crippen molar-refractivity contribution in [2.24, 2.45) is 0 Å². The van der Waals surface area contributed by atoms with Crippen molar-refractivity contribution in [2.75, 3.05) is 12.4 Å². The van der Waals surface area contributed by atoms with Crippen LogP contribution in [-0.2, 0) is 6.18 Å². The number of nitrogens with one attached hydrogen (secondary N) is 2. The Bertz CT molecular complexity index is 1480. The lowest BCUT2D eigenvalue weighted by Gasteiger charge is -2.18. The molecule has 2 aromatic heterocycles. The van der Waals surface area contributed by atoms with Crippen molar-refractivity contribution in [3.05, 3.63) is 81.1 Å². The summed E-state index contributed by atoms with van der Waals surface area (Å²) in [6.07, 6.45) is -4.12. The van der Waals surface area contributed by atoms with E-state index in [1.165, 1.54) is 13.8 Å². The first-order chi connectivity index (χ1) is 16.0. The second kappa shape index (κ2) is 8.44. The number of hydrogen-bond acceptors (Lipinski definition) is 4. The van der Waals surface area contributed by atoms with E-state index in [4.69, 9.17) is 4.74 Å². The molecule has 0 unspecified atom stereocenters. The van der Waals surface area contributed by atoms with Crippen LogP contribution >= 0.6 is 0 Å². The molecule has 5 nitrogen and oxygen atoms in total. The first-order valence-corrected chi connectivity index (χ1v) is 10.1. The molecule has 0 radical (unpaired) electrons. The van der Waals surface area contributed by atoms with Crippen LogP contribution in [0.1, 0.15) is 16.7 Å². The van der Waals surface area contributed by atoms with Crippen LogP contribution in [0, 0.1) is 25.5 Å². The van der Waals surface area contributed by atoms with E-state index < -0.39 is 28.8 Å². The van der Waals surface area contributed by atoms with Gasteiger partial charge >= 0.3 is 6.18 Å². The second-order valence-corrected chi connectivity index (χ2v) is 7.59. The molecule has 0 aliphatic carbocycles. The van der Waals surface area contributed by atoms with E-state index in [1.54, 1.807) is 25.2 Å². The maximum absolute atomic E-state index is 14.0. The molecule has 0 aliphatic rings. The third kappa shape index (κ3) is 3.95. The highest BCUT2D eigenvalue weighted by Gasteiger charge is 2.35. The van der Waals surface area contributed by atoms with Gasteiger partial charge in [0.2, 0.25) is 5.88 Å². The summed E-state index contributed by atoms with van der Waals surface area (Å²) in [5, 5.41) is 3.22. The van der Waals surface area contributed by atoms with Gasteiger partial charge in [-0.25, -0.2) is 13.8 Å². The van der Waals surface area contributed by atoms with Gasteiger partial charge in [-0.3, -0.25) is 4.79 Å². The summed E-state index contributed by atoms with van der Waals surface area (Å²) < 4.78 is 74.2. The topological polar surface area (TPSA) is 67.0 Å². The lowest BCUT2D eigenvalue weighted by atomic mass is 10.0. The Kier molecular flexibility index (Phi) is 5.76. The number of fused-ring (bicyclic) bond motifs is 1. The Labute approximate surface area is 190 Å². The molecule has 0 amide bonds. The summed E-state index contributed by atoms with van der Waals surface area (Å²) in [5.74, 6) is -2.69. The highest BCUT2D eigenvalue weighted by Crippen LogP contribution is 2.41. The van der Waals surface area contributed by atoms with Crippen molar-refractivity contribution in [3.8, 4) is 22.9 Å². The van der Waals surface area contributed by atoms with E-state index in [2.05, 4.69) is 15.3 Å². The Hall–Kier alpha value is -3.95. The number of pyridine rings is 2. The average molecular weight is 475 g/mol. The van der Waals surface area contributed by atoms with Crippen LogP contribution in [-0.4, -0.2) is 17.0 Å². The van der Waals surface area contributed by atoms with Crippen molar-refractivity contribution < 1.29 is 26.7 Å². The maximum atomic E-state index is 14.0. The van der Waals surface area contributed by atoms with Crippen LogP contribution in [0.3, 0.4) is 0 Å².